The predicted molar refractivity (Wildman–Crippen MR) is 188 cm³/mol. The molecule has 4 fully saturated rings. The maximum Gasteiger partial charge on any atom is 0.407 e. The van der Waals surface area contributed by atoms with Crippen molar-refractivity contribution in [1.29, 1.82) is 0 Å². The van der Waals surface area contributed by atoms with E-state index in [1.165, 1.54) is 41.8 Å². The summed E-state index contributed by atoms with van der Waals surface area (Å²) in [5.41, 5.74) is 13.0. The van der Waals surface area contributed by atoms with Crippen LogP contribution in [0.25, 0.3) is 0 Å². The number of hydrogen-bond donors (Lipinski definition) is 5. The fraction of sp³-hybridized carbons (Fsp3) is 0.763. The Hall–Kier alpha value is -3.17. The quantitative estimate of drug-likeness (QED) is 0.228. The van der Waals surface area contributed by atoms with Gasteiger partial charge >= 0.3 is 6.09 Å². The number of anilines is 2. The fourth-order valence-electron chi connectivity index (χ4n) is 13.4. The minimum absolute atomic E-state index is 0.00288. The Balaban J connectivity index is 1.15. The highest BCUT2D eigenvalue weighted by Crippen LogP contribution is 2.74. The van der Waals surface area contributed by atoms with Crippen molar-refractivity contribution in [2.45, 2.75) is 111 Å². The second-order valence-corrected chi connectivity index (χ2v) is 18.7. The molecule has 10 nitrogen and oxygen atoms in total. The van der Waals surface area contributed by atoms with Gasteiger partial charge in [0.05, 0.1) is 5.69 Å². The van der Waals surface area contributed by atoms with Gasteiger partial charge in [-0.2, -0.15) is 5.10 Å². The second-order valence-electron chi connectivity index (χ2n) is 18.7. The van der Waals surface area contributed by atoms with Gasteiger partial charge in [0.1, 0.15) is 11.5 Å². The molecule has 2 aromatic heterocycles. The zero-order valence-corrected chi connectivity index (χ0v) is 30.1. The molecule has 0 spiro atoms. The highest BCUT2D eigenvalue weighted by molar-refractivity contribution is 5.65. The molecule has 1 amide bonds. The summed E-state index contributed by atoms with van der Waals surface area (Å²) in [4.78, 5) is 28.6. The molecular formula is C38H57N7O3. The van der Waals surface area contributed by atoms with Crippen LogP contribution in [0.15, 0.2) is 16.4 Å². The van der Waals surface area contributed by atoms with E-state index in [-0.39, 0.29) is 38.6 Å². The number of aromatic nitrogens is 4. The number of rotatable bonds is 2. The number of H-pyrrole nitrogens is 3. The molecule has 1 saturated heterocycles. The van der Waals surface area contributed by atoms with Crippen molar-refractivity contribution < 1.29 is 9.90 Å². The van der Waals surface area contributed by atoms with Crippen molar-refractivity contribution in [2.24, 2.45) is 45.3 Å². The number of amides is 1. The Morgan fingerprint density at radius 2 is 1.67 bits per heavy atom. The minimum atomic E-state index is -0.887. The largest absolute Gasteiger partial charge is 0.465 e. The first-order chi connectivity index (χ1) is 22.5. The van der Waals surface area contributed by atoms with Gasteiger partial charge in [-0.1, -0.05) is 60.1 Å². The molecule has 10 heteroatoms. The number of piperazine rings is 1. The monoisotopic (exact) mass is 659 g/mol. The van der Waals surface area contributed by atoms with Crippen LogP contribution in [0.4, 0.5) is 16.3 Å². The number of nitrogens with one attached hydrogen (secondary N) is 3. The number of nitrogens with two attached hydrogens (primary N) is 1. The number of nitrogens with zero attached hydrogens (tertiary/aromatic N) is 3. The Labute approximate surface area is 284 Å². The summed E-state index contributed by atoms with van der Waals surface area (Å²) >= 11 is 0. The molecule has 2 aromatic rings. The molecule has 0 bridgehead atoms. The molecule has 5 aliphatic carbocycles. The summed E-state index contributed by atoms with van der Waals surface area (Å²) in [6, 6.07) is 0. The van der Waals surface area contributed by atoms with Crippen molar-refractivity contribution in [3.8, 4) is 0 Å². The number of carboxylic acid groups (broad SMARTS) is 1. The van der Waals surface area contributed by atoms with E-state index in [1.54, 1.807) is 5.57 Å². The summed E-state index contributed by atoms with van der Waals surface area (Å²) in [5.74, 6) is 3.03. The highest BCUT2D eigenvalue weighted by atomic mass is 16.4. The lowest BCUT2D eigenvalue weighted by molar-refractivity contribution is -0.153. The van der Waals surface area contributed by atoms with Gasteiger partial charge in [-0.15, -0.1) is 0 Å². The molecule has 0 radical (unpaired) electrons. The maximum absolute atomic E-state index is 13.4. The molecule has 6 N–H and O–H groups in total. The van der Waals surface area contributed by atoms with Gasteiger partial charge in [0.2, 0.25) is 0 Å². The van der Waals surface area contributed by atoms with Crippen LogP contribution >= 0.6 is 0 Å². The lowest BCUT2D eigenvalue weighted by Gasteiger charge is -2.70. The predicted octanol–water partition coefficient (Wildman–Crippen LogP) is 6.65. The lowest BCUT2D eigenvalue weighted by Crippen LogP contribution is -2.63. The standard InChI is InChI=1S/C38H57N7O3/c1-34(2)18-22-21(23(19-34)28-29(32(46)43-40-28)44-14-16-45(17-15-44)33(47)48)10-12-37(6)25(22)8-9-27-36(5)20-24-30(41-42-31(24)39)35(3,4)26(36)11-13-38(27,37)7/h8,21-23,26-27H,9-20H2,1-7H3,(H,47,48)(H3,39,41,42)(H2,40,43,46)/t21-,22?,23+,26?,27?,36-,37+,38+/m0/s1. The fourth-order valence-corrected chi connectivity index (χ4v) is 13.4. The normalized spacial score (nSPS) is 39.7. The lowest BCUT2D eigenvalue weighted by atomic mass is 9.34. The van der Waals surface area contributed by atoms with Gasteiger partial charge in [0.25, 0.3) is 5.56 Å². The summed E-state index contributed by atoms with van der Waals surface area (Å²) in [6.07, 6.45) is 11.0. The van der Waals surface area contributed by atoms with Gasteiger partial charge in [-0.25, -0.2) is 4.79 Å². The minimum Gasteiger partial charge on any atom is -0.465 e. The topological polar surface area (TPSA) is 147 Å². The van der Waals surface area contributed by atoms with Crippen LogP contribution in [-0.4, -0.2) is 62.7 Å². The first kappa shape index (κ1) is 32.1. The molecule has 8 atom stereocenters. The van der Waals surface area contributed by atoms with Gasteiger partial charge in [0, 0.05) is 48.8 Å². The van der Waals surface area contributed by atoms with E-state index in [0.29, 0.717) is 55.7 Å². The van der Waals surface area contributed by atoms with Crippen molar-refractivity contribution >= 4 is 17.6 Å². The number of carbonyl (C=O) groups is 1. The summed E-state index contributed by atoms with van der Waals surface area (Å²) in [5, 5.41) is 23.7. The van der Waals surface area contributed by atoms with Crippen LogP contribution in [0.2, 0.25) is 0 Å². The first-order valence-electron chi connectivity index (χ1n) is 18.6. The van der Waals surface area contributed by atoms with E-state index in [2.05, 4.69) is 79.8 Å². The third-order valence-corrected chi connectivity index (χ3v) is 15.7. The van der Waals surface area contributed by atoms with E-state index in [0.717, 1.165) is 37.1 Å². The Morgan fingerprint density at radius 1 is 0.958 bits per heavy atom. The van der Waals surface area contributed by atoms with E-state index in [1.807, 2.05) is 0 Å². The molecular weight excluding hydrogens is 602 g/mol. The highest BCUT2D eigenvalue weighted by Gasteiger charge is 2.67. The van der Waals surface area contributed by atoms with Crippen LogP contribution in [0.5, 0.6) is 0 Å². The maximum atomic E-state index is 13.4. The number of fused-ring (bicyclic) bond motifs is 8. The smallest absolute Gasteiger partial charge is 0.407 e. The average Bonchev–Trinajstić information content (AvgIpc) is 3.58. The van der Waals surface area contributed by atoms with Crippen molar-refractivity contribution in [1.82, 2.24) is 25.3 Å². The summed E-state index contributed by atoms with van der Waals surface area (Å²) in [6.45, 7) is 19.5. The third kappa shape index (κ3) is 4.18. The van der Waals surface area contributed by atoms with E-state index >= 15 is 0 Å². The van der Waals surface area contributed by atoms with Crippen LogP contribution in [0, 0.1) is 45.3 Å². The van der Waals surface area contributed by atoms with E-state index in [4.69, 9.17) is 5.73 Å². The van der Waals surface area contributed by atoms with Gasteiger partial charge in [-0.3, -0.25) is 20.1 Å². The molecule has 6 aliphatic rings. The zero-order chi connectivity index (χ0) is 34.2. The molecule has 0 aromatic carbocycles. The van der Waals surface area contributed by atoms with Crippen LogP contribution in [-0.2, 0) is 11.8 Å². The van der Waals surface area contributed by atoms with Crippen LogP contribution in [0.3, 0.4) is 0 Å². The molecule has 8 rings (SSSR count). The summed E-state index contributed by atoms with van der Waals surface area (Å²) in [7, 11) is 0. The zero-order valence-electron chi connectivity index (χ0n) is 30.1. The van der Waals surface area contributed by atoms with Crippen molar-refractivity contribution in [3.63, 3.8) is 0 Å². The SMILES string of the molecule is CC1(C)CC2C3=CCC4[C@@]5(C)Cc6c(N)n[nH]c6C(C)(C)C5CC[C@@]4(C)[C@]3(C)CC[C@@H]2[C@H](c2[nH][nH]c(=O)c2N2CCN(C(=O)O)CC2)C1. The molecule has 1 aliphatic heterocycles. The van der Waals surface area contributed by atoms with E-state index < -0.39 is 6.09 Å². The second kappa shape index (κ2) is 10.2. The molecule has 3 unspecified atom stereocenters. The molecule has 262 valence electrons. The van der Waals surface area contributed by atoms with Crippen molar-refractivity contribution in [2.75, 3.05) is 36.8 Å². The number of allylic oxidation sites excluding steroid dienone is 2. The Bertz CT molecular complexity index is 1720. The van der Waals surface area contributed by atoms with Gasteiger partial charge in [0.15, 0.2) is 0 Å². The molecule has 3 heterocycles. The molecule has 3 saturated carbocycles. The third-order valence-electron chi connectivity index (χ3n) is 15.7. The average molecular weight is 660 g/mol. The first-order valence-corrected chi connectivity index (χ1v) is 18.6. The Morgan fingerprint density at radius 3 is 2.38 bits per heavy atom. The number of nitrogen functional groups attached to an aromatic ring is 1. The summed E-state index contributed by atoms with van der Waals surface area (Å²) < 4.78 is 0. The van der Waals surface area contributed by atoms with Gasteiger partial charge < -0.3 is 20.6 Å². The molecule has 48 heavy (non-hydrogen) atoms. The number of hydrogen-bond acceptors (Lipinski definition) is 5. The van der Waals surface area contributed by atoms with Crippen LogP contribution in [0.1, 0.15) is 116 Å². The Kier molecular flexibility index (Phi) is 6.81. The van der Waals surface area contributed by atoms with Crippen LogP contribution < -0.4 is 16.2 Å². The van der Waals surface area contributed by atoms with Crippen molar-refractivity contribution in [3.05, 3.63) is 39.0 Å². The van der Waals surface area contributed by atoms with Gasteiger partial charge in [-0.05, 0) is 96.7 Å². The van der Waals surface area contributed by atoms with E-state index in [9.17, 15) is 14.7 Å². The number of aromatic amines is 3.